The summed E-state index contributed by atoms with van der Waals surface area (Å²) in [6, 6.07) is 16.8. The van der Waals surface area contributed by atoms with Crippen molar-refractivity contribution in [1.29, 1.82) is 0 Å². The molecule has 10 heteroatoms. The van der Waals surface area contributed by atoms with Crippen LogP contribution in [0.3, 0.4) is 0 Å². The first-order valence-electron chi connectivity index (χ1n) is 11.3. The van der Waals surface area contributed by atoms with Crippen molar-refractivity contribution < 1.29 is 14.3 Å². The number of thiophene rings is 1. The minimum absolute atomic E-state index is 0.0838. The van der Waals surface area contributed by atoms with E-state index in [4.69, 9.17) is 21.3 Å². The van der Waals surface area contributed by atoms with Gasteiger partial charge in [0.25, 0.3) is 5.56 Å². The summed E-state index contributed by atoms with van der Waals surface area (Å²) >= 11 is 8.33. The van der Waals surface area contributed by atoms with E-state index in [9.17, 15) is 14.4 Å². The first-order valence-corrected chi connectivity index (χ1v) is 13.4. The predicted molar refractivity (Wildman–Crippen MR) is 144 cm³/mol. The number of benzene rings is 2. The Labute approximate surface area is 221 Å². The second-order valence-corrected chi connectivity index (χ2v) is 10.3. The molecule has 0 aliphatic carbocycles. The number of thioether (sulfide) groups is 1. The summed E-state index contributed by atoms with van der Waals surface area (Å²) in [4.78, 5) is 44.1. The van der Waals surface area contributed by atoms with Crippen molar-refractivity contribution in [3.63, 3.8) is 0 Å². The van der Waals surface area contributed by atoms with E-state index in [1.807, 2.05) is 42.5 Å². The molecule has 2 aromatic heterocycles. The molecule has 2 aromatic carbocycles. The lowest BCUT2D eigenvalue weighted by Crippen LogP contribution is -2.27. The van der Waals surface area contributed by atoms with Crippen LogP contribution in [-0.4, -0.2) is 33.8 Å². The highest BCUT2D eigenvalue weighted by molar-refractivity contribution is 7.99. The van der Waals surface area contributed by atoms with E-state index in [0.717, 1.165) is 22.5 Å². The van der Waals surface area contributed by atoms with Gasteiger partial charge >= 0.3 is 5.97 Å². The van der Waals surface area contributed by atoms with Gasteiger partial charge in [-0.25, -0.2) is 9.78 Å². The van der Waals surface area contributed by atoms with E-state index >= 15 is 0 Å². The van der Waals surface area contributed by atoms with Crippen molar-refractivity contribution in [1.82, 2.24) is 14.9 Å². The van der Waals surface area contributed by atoms with Crippen LogP contribution >= 0.6 is 34.7 Å². The molecule has 0 radical (unpaired) electrons. The van der Waals surface area contributed by atoms with Crippen LogP contribution in [0.5, 0.6) is 0 Å². The maximum absolute atomic E-state index is 13.6. The van der Waals surface area contributed by atoms with E-state index < -0.39 is 5.97 Å². The third-order valence-corrected chi connectivity index (χ3v) is 7.79. The number of hydrogen-bond donors (Lipinski definition) is 1. The summed E-state index contributed by atoms with van der Waals surface area (Å²) in [5.41, 5.74) is 2.13. The topological polar surface area (TPSA) is 90.3 Å². The van der Waals surface area contributed by atoms with Gasteiger partial charge in [-0.1, -0.05) is 65.8 Å². The monoisotopic (exact) mass is 541 g/mol. The highest BCUT2D eigenvalue weighted by Gasteiger charge is 2.23. The number of carbonyl (C=O) groups excluding carboxylic acids is 2. The molecule has 0 fully saturated rings. The highest BCUT2D eigenvalue weighted by atomic mass is 35.5. The molecule has 0 saturated heterocycles. The molecule has 0 saturated carbocycles. The Morgan fingerprint density at radius 1 is 1.11 bits per heavy atom. The molecule has 4 aromatic rings. The number of esters is 1. The van der Waals surface area contributed by atoms with Crippen LogP contribution in [0.2, 0.25) is 5.02 Å². The van der Waals surface area contributed by atoms with Crippen LogP contribution in [0, 0.1) is 6.92 Å². The predicted octanol–water partition coefficient (Wildman–Crippen LogP) is 5.05. The van der Waals surface area contributed by atoms with Gasteiger partial charge in [0.2, 0.25) is 5.91 Å². The molecule has 1 N–H and O–H groups in total. The minimum atomic E-state index is -0.476. The first-order chi connectivity index (χ1) is 17.4. The normalized spacial score (nSPS) is 11.0. The van der Waals surface area contributed by atoms with Gasteiger partial charge in [0.05, 0.1) is 24.3 Å². The Balaban J connectivity index is 1.65. The molecule has 0 spiro atoms. The third kappa shape index (κ3) is 5.98. The van der Waals surface area contributed by atoms with E-state index in [1.165, 1.54) is 16.3 Å². The molecule has 186 valence electrons. The molecular weight excluding hydrogens is 518 g/mol. The maximum Gasteiger partial charge on any atom is 0.348 e. The van der Waals surface area contributed by atoms with Crippen LogP contribution in [0.1, 0.15) is 33.3 Å². The number of fused-ring (bicyclic) bond motifs is 1. The Morgan fingerprint density at radius 3 is 2.53 bits per heavy atom. The van der Waals surface area contributed by atoms with Gasteiger partial charge in [-0.3, -0.25) is 14.2 Å². The maximum atomic E-state index is 13.6. The summed E-state index contributed by atoms with van der Waals surface area (Å²) in [6.07, 6.45) is 0. The average Bonchev–Trinajstić information content (AvgIpc) is 3.21. The zero-order chi connectivity index (χ0) is 25.7. The fourth-order valence-corrected chi connectivity index (χ4v) is 5.66. The fourth-order valence-electron chi connectivity index (χ4n) is 3.59. The summed E-state index contributed by atoms with van der Waals surface area (Å²) in [7, 11) is 0. The minimum Gasteiger partial charge on any atom is -0.462 e. The molecule has 4 rings (SSSR count). The fraction of sp³-hybridized carbons (Fsp3) is 0.231. The van der Waals surface area contributed by atoms with E-state index in [1.54, 1.807) is 26.0 Å². The van der Waals surface area contributed by atoms with Crippen molar-refractivity contribution in [3.05, 3.63) is 91.5 Å². The summed E-state index contributed by atoms with van der Waals surface area (Å²) in [5.74, 6) is -0.567. The van der Waals surface area contributed by atoms with Crippen LogP contribution in [0.15, 0.2) is 64.5 Å². The van der Waals surface area contributed by atoms with Gasteiger partial charge in [0, 0.05) is 11.6 Å². The molecule has 2 heterocycles. The number of nitrogens with zero attached hydrogens (tertiary/aromatic N) is 2. The molecule has 0 aliphatic rings. The lowest BCUT2D eigenvalue weighted by Gasteiger charge is -2.13. The number of carbonyl (C=O) groups is 2. The van der Waals surface area contributed by atoms with Crippen molar-refractivity contribution in [3.8, 4) is 0 Å². The Hall–Kier alpha value is -3.14. The van der Waals surface area contributed by atoms with Crippen LogP contribution in [0.25, 0.3) is 10.2 Å². The molecule has 0 unspecified atom stereocenters. The molecular formula is C26H24ClN3O4S2. The number of nitrogens with one attached hydrogen (secondary N) is 1. The van der Waals surface area contributed by atoms with Gasteiger partial charge in [0.1, 0.15) is 9.71 Å². The standard InChI is InChI=1S/C26H24ClN3O4S2/c1-3-34-25(33)22-16(2)21-23(36-22)29-26(30(24(21)32)14-18-9-11-19(27)12-10-18)35-15-20(31)28-13-17-7-5-4-6-8-17/h4-12H,3,13-15H2,1-2H3,(H,28,31). The lowest BCUT2D eigenvalue weighted by molar-refractivity contribution is -0.118. The lowest BCUT2D eigenvalue weighted by atomic mass is 10.2. The van der Waals surface area contributed by atoms with Crippen LogP contribution < -0.4 is 10.9 Å². The third-order valence-electron chi connectivity index (χ3n) is 5.39. The number of aromatic nitrogens is 2. The number of halogens is 1. The van der Waals surface area contributed by atoms with Crippen molar-refractivity contribution in [2.75, 3.05) is 12.4 Å². The summed E-state index contributed by atoms with van der Waals surface area (Å²) in [6.45, 7) is 4.36. The molecule has 1 amide bonds. The van der Waals surface area contributed by atoms with Gasteiger partial charge in [-0.15, -0.1) is 11.3 Å². The van der Waals surface area contributed by atoms with E-state index in [0.29, 0.717) is 37.4 Å². The second kappa shape index (κ2) is 11.7. The first kappa shape index (κ1) is 25.9. The number of aryl methyl sites for hydroxylation is 1. The van der Waals surface area contributed by atoms with Crippen molar-refractivity contribution >= 4 is 56.8 Å². The Morgan fingerprint density at radius 2 is 1.83 bits per heavy atom. The summed E-state index contributed by atoms with van der Waals surface area (Å²) in [5, 5.41) is 4.27. The van der Waals surface area contributed by atoms with Gasteiger partial charge in [-0.2, -0.15) is 0 Å². The summed E-state index contributed by atoms with van der Waals surface area (Å²) < 4.78 is 6.69. The largest absolute Gasteiger partial charge is 0.462 e. The van der Waals surface area contributed by atoms with Gasteiger partial charge in [0.15, 0.2) is 5.16 Å². The Bertz CT molecular complexity index is 1450. The molecule has 0 atom stereocenters. The molecule has 7 nitrogen and oxygen atoms in total. The van der Waals surface area contributed by atoms with Crippen LogP contribution in [0.4, 0.5) is 0 Å². The second-order valence-electron chi connectivity index (χ2n) is 7.92. The number of rotatable bonds is 9. The zero-order valence-corrected chi connectivity index (χ0v) is 22.1. The molecule has 36 heavy (non-hydrogen) atoms. The number of amides is 1. The average molecular weight is 542 g/mol. The van der Waals surface area contributed by atoms with E-state index in [-0.39, 0.29) is 30.4 Å². The van der Waals surface area contributed by atoms with Crippen molar-refractivity contribution in [2.45, 2.75) is 32.1 Å². The van der Waals surface area contributed by atoms with Crippen molar-refractivity contribution in [2.24, 2.45) is 0 Å². The highest BCUT2D eigenvalue weighted by Crippen LogP contribution is 2.30. The number of hydrogen-bond acceptors (Lipinski definition) is 7. The van der Waals surface area contributed by atoms with E-state index in [2.05, 4.69) is 5.32 Å². The smallest absolute Gasteiger partial charge is 0.348 e. The molecule has 0 aliphatic heterocycles. The van der Waals surface area contributed by atoms with Crippen LogP contribution in [-0.2, 0) is 22.6 Å². The van der Waals surface area contributed by atoms with Gasteiger partial charge in [-0.05, 0) is 42.7 Å². The SMILES string of the molecule is CCOC(=O)c1sc2nc(SCC(=O)NCc3ccccc3)n(Cc3ccc(Cl)cc3)c(=O)c2c1C. The zero-order valence-electron chi connectivity index (χ0n) is 19.7. The molecule has 0 bridgehead atoms. The van der Waals surface area contributed by atoms with Gasteiger partial charge < -0.3 is 10.1 Å². The number of ether oxygens (including phenoxy) is 1. The Kier molecular flexibility index (Phi) is 8.45. The quantitative estimate of drug-likeness (QED) is 0.181.